The van der Waals surface area contributed by atoms with Gasteiger partial charge in [0.15, 0.2) is 5.84 Å². The summed E-state index contributed by atoms with van der Waals surface area (Å²) in [5.41, 5.74) is 4.90. The molecule has 1 aliphatic rings. The number of amidine groups is 1. The summed E-state index contributed by atoms with van der Waals surface area (Å²) in [6.45, 7) is 3.28. The van der Waals surface area contributed by atoms with Gasteiger partial charge in [-0.15, -0.1) is 0 Å². The molecule has 1 amide bonds. The Morgan fingerprint density at radius 3 is 2.67 bits per heavy atom. The molecule has 3 N–H and O–H groups in total. The highest BCUT2D eigenvalue weighted by Crippen LogP contribution is 2.46. The van der Waals surface area contributed by atoms with Crippen LogP contribution in [0.5, 0.6) is 0 Å². The first-order valence-electron chi connectivity index (χ1n) is 6.20. The first-order valence-corrected chi connectivity index (χ1v) is 6.20. The van der Waals surface area contributed by atoms with E-state index in [9.17, 15) is 4.79 Å². The van der Waals surface area contributed by atoms with Crippen molar-refractivity contribution in [3.05, 3.63) is 0 Å². The lowest BCUT2D eigenvalue weighted by molar-refractivity contribution is -0.143. The fourth-order valence-electron chi connectivity index (χ4n) is 2.63. The first kappa shape index (κ1) is 14.8. The fourth-order valence-corrected chi connectivity index (χ4v) is 2.63. The first-order chi connectivity index (χ1) is 8.47. The van der Waals surface area contributed by atoms with Gasteiger partial charge in [-0.3, -0.25) is 4.79 Å². The molecule has 0 atom stereocenters. The number of ether oxygens (including phenoxy) is 1. The standard InChI is InChI=1S/C12H23N3O3/c1-9-7-12(8-9,10(13)14-17)11(16)15(2)5-4-6-18-3/h9,17H,4-8H2,1-3H3,(H2,13,14). The van der Waals surface area contributed by atoms with Crippen LogP contribution in [-0.2, 0) is 9.53 Å². The molecule has 0 aromatic carbocycles. The molecule has 104 valence electrons. The van der Waals surface area contributed by atoms with Gasteiger partial charge in [-0.05, 0) is 25.2 Å². The molecule has 0 aromatic rings. The summed E-state index contributed by atoms with van der Waals surface area (Å²) < 4.78 is 4.96. The number of amides is 1. The maximum Gasteiger partial charge on any atom is 0.236 e. The Morgan fingerprint density at radius 2 is 2.22 bits per heavy atom. The molecule has 1 aliphatic carbocycles. The Bertz CT molecular complexity index is 325. The zero-order valence-corrected chi connectivity index (χ0v) is 11.3. The SMILES string of the molecule is COCCCN(C)C(=O)C1(C(N)=NO)CC(C)C1. The van der Waals surface area contributed by atoms with Crippen LogP contribution in [0.2, 0.25) is 0 Å². The van der Waals surface area contributed by atoms with Gasteiger partial charge in [0.1, 0.15) is 5.41 Å². The number of methoxy groups -OCH3 is 1. The summed E-state index contributed by atoms with van der Waals surface area (Å²) >= 11 is 0. The summed E-state index contributed by atoms with van der Waals surface area (Å²) in [6, 6.07) is 0. The van der Waals surface area contributed by atoms with Crippen molar-refractivity contribution < 1.29 is 14.7 Å². The van der Waals surface area contributed by atoms with Crippen LogP contribution in [0.15, 0.2) is 5.16 Å². The minimum atomic E-state index is -0.796. The average Bonchev–Trinajstić information content (AvgIpc) is 2.33. The normalized spacial score (nSPS) is 27.7. The van der Waals surface area contributed by atoms with E-state index in [2.05, 4.69) is 12.1 Å². The lowest BCUT2D eigenvalue weighted by atomic mass is 9.61. The van der Waals surface area contributed by atoms with Crippen molar-refractivity contribution in [2.75, 3.05) is 27.3 Å². The van der Waals surface area contributed by atoms with Crippen LogP contribution in [0.4, 0.5) is 0 Å². The largest absolute Gasteiger partial charge is 0.409 e. The third-order valence-corrected chi connectivity index (χ3v) is 3.59. The van der Waals surface area contributed by atoms with Crippen LogP contribution in [0.25, 0.3) is 0 Å². The van der Waals surface area contributed by atoms with Crippen molar-refractivity contribution in [2.24, 2.45) is 22.2 Å². The van der Waals surface area contributed by atoms with E-state index in [0.29, 0.717) is 31.9 Å². The molecule has 0 aromatic heterocycles. The molecule has 0 heterocycles. The van der Waals surface area contributed by atoms with Crippen molar-refractivity contribution in [3.8, 4) is 0 Å². The zero-order valence-electron chi connectivity index (χ0n) is 11.3. The van der Waals surface area contributed by atoms with Gasteiger partial charge in [-0.2, -0.15) is 0 Å². The Labute approximate surface area is 108 Å². The van der Waals surface area contributed by atoms with E-state index in [0.717, 1.165) is 6.42 Å². The van der Waals surface area contributed by atoms with Gasteiger partial charge in [-0.1, -0.05) is 12.1 Å². The van der Waals surface area contributed by atoms with Crippen molar-refractivity contribution in [2.45, 2.75) is 26.2 Å². The van der Waals surface area contributed by atoms with Gasteiger partial charge in [0.05, 0.1) is 0 Å². The van der Waals surface area contributed by atoms with Crippen LogP contribution in [0.1, 0.15) is 26.2 Å². The minimum Gasteiger partial charge on any atom is -0.409 e. The van der Waals surface area contributed by atoms with E-state index in [1.54, 1.807) is 19.1 Å². The zero-order chi connectivity index (χ0) is 13.8. The highest BCUT2D eigenvalue weighted by atomic mass is 16.5. The van der Waals surface area contributed by atoms with Crippen molar-refractivity contribution >= 4 is 11.7 Å². The van der Waals surface area contributed by atoms with Gasteiger partial charge in [0.25, 0.3) is 0 Å². The molecule has 1 fully saturated rings. The number of nitrogens with two attached hydrogens (primary N) is 1. The monoisotopic (exact) mass is 257 g/mol. The number of hydrogen-bond acceptors (Lipinski definition) is 4. The van der Waals surface area contributed by atoms with Gasteiger partial charge in [0.2, 0.25) is 5.91 Å². The number of rotatable bonds is 6. The summed E-state index contributed by atoms with van der Waals surface area (Å²) in [7, 11) is 3.38. The number of oxime groups is 1. The van der Waals surface area contributed by atoms with Crippen LogP contribution in [-0.4, -0.2) is 49.2 Å². The quantitative estimate of drug-likeness (QED) is 0.240. The van der Waals surface area contributed by atoms with Crippen LogP contribution in [0, 0.1) is 11.3 Å². The van der Waals surface area contributed by atoms with E-state index in [1.165, 1.54) is 0 Å². The maximum atomic E-state index is 12.4. The molecular formula is C12H23N3O3. The molecule has 0 spiro atoms. The highest BCUT2D eigenvalue weighted by Gasteiger charge is 2.53. The predicted molar refractivity (Wildman–Crippen MR) is 68.4 cm³/mol. The Hall–Kier alpha value is -1.30. The molecule has 0 bridgehead atoms. The van der Waals surface area contributed by atoms with Crippen molar-refractivity contribution in [3.63, 3.8) is 0 Å². The number of hydrogen-bond donors (Lipinski definition) is 2. The number of nitrogens with zero attached hydrogens (tertiary/aromatic N) is 2. The van der Waals surface area contributed by atoms with Gasteiger partial charge in [-0.25, -0.2) is 0 Å². The van der Waals surface area contributed by atoms with E-state index >= 15 is 0 Å². The molecular weight excluding hydrogens is 234 g/mol. The lowest BCUT2D eigenvalue weighted by Gasteiger charge is -2.45. The topological polar surface area (TPSA) is 88.2 Å². The number of carbonyl (C=O) groups is 1. The predicted octanol–water partition coefficient (Wildman–Crippen LogP) is 0.644. The number of carbonyl (C=O) groups excluding carboxylic acids is 1. The second-order valence-corrected chi connectivity index (χ2v) is 5.15. The summed E-state index contributed by atoms with van der Waals surface area (Å²) in [5, 5.41) is 11.9. The van der Waals surface area contributed by atoms with E-state index in [4.69, 9.17) is 15.7 Å². The molecule has 0 saturated heterocycles. The van der Waals surface area contributed by atoms with E-state index < -0.39 is 5.41 Å². The van der Waals surface area contributed by atoms with Crippen LogP contribution < -0.4 is 5.73 Å². The summed E-state index contributed by atoms with van der Waals surface area (Å²) in [6.07, 6.45) is 2.08. The second-order valence-electron chi connectivity index (χ2n) is 5.15. The van der Waals surface area contributed by atoms with Crippen LogP contribution in [0.3, 0.4) is 0 Å². The molecule has 0 aliphatic heterocycles. The molecule has 1 rings (SSSR count). The van der Waals surface area contributed by atoms with Gasteiger partial charge < -0.3 is 20.6 Å². The Morgan fingerprint density at radius 1 is 1.61 bits per heavy atom. The molecule has 18 heavy (non-hydrogen) atoms. The molecule has 6 nitrogen and oxygen atoms in total. The highest BCUT2D eigenvalue weighted by molar-refractivity contribution is 6.07. The fraction of sp³-hybridized carbons (Fsp3) is 0.833. The lowest BCUT2D eigenvalue weighted by Crippen LogP contribution is -2.57. The average molecular weight is 257 g/mol. The Balaban J connectivity index is 2.67. The second kappa shape index (κ2) is 6.04. The maximum absolute atomic E-state index is 12.4. The third kappa shape index (κ3) is 2.75. The van der Waals surface area contributed by atoms with Crippen LogP contribution >= 0.6 is 0 Å². The third-order valence-electron chi connectivity index (χ3n) is 3.59. The molecule has 6 heteroatoms. The van der Waals surface area contributed by atoms with Crippen molar-refractivity contribution in [1.82, 2.24) is 4.90 Å². The smallest absolute Gasteiger partial charge is 0.236 e. The van der Waals surface area contributed by atoms with E-state index in [1.807, 2.05) is 0 Å². The minimum absolute atomic E-state index is 0.0317. The molecule has 0 radical (unpaired) electrons. The van der Waals surface area contributed by atoms with E-state index in [-0.39, 0.29) is 11.7 Å². The summed E-state index contributed by atoms with van der Waals surface area (Å²) in [5.74, 6) is 0.401. The Kier molecular flexibility index (Phi) is 4.95. The van der Waals surface area contributed by atoms with Gasteiger partial charge >= 0.3 is 0 Å². The summed E-state index contributed by atoms with van der Waals surface area (Å²) in [4.78, 5) is 14.0. The van der Waals surface area contributed by atoms with Gasteiger partial charge in [0, 0.05) is 27.3 Å². The molecule has 1 saturated carbocycles. The van der Waals surface area contributed by atoms with Crippen molar-refractivity contribution in [1.29, 1.82) is 0 Å². The molecule has 0 unspecified atom stereocenters.